The summed E-state index contributed by atoms with van der Waals surface area (Å²) in [6, 6.07) is 10.2. The van der Waals surface area contributed by atoms with Gasteiger partial charge in [0.2, 0.25) is 0 Å². The Morgan fingerprint density at radius 2 is 2.08 bits per heavy atom. The molecule has 0 aliphatic heterocycles. The Bertz CT molecular complexity index is 723. The highest BCUT2D eigenvalue weighted by Gasteiger charge is 2.18. The van der Waals surface area contributed by atoms with E-state index in [9.17, 15) is 0 Å². The summed E-state index contributed by atoms with van der Waals surface area (Å²) in [6.45, 7) is 10.4. The third-order valence-electron chi connectivity index (χ3n) is 4.60. The minimum Gasteiger partial charge on any atom is -0.383 e. The van der Waals surface area contributed by atoms with Crippen molar-refractivity contribution < 1.29 is 0 Å². The molecular formula is C23H31N3. The molecule has 1 aliphatic carbocycles. The molecule has 0 radical (unpaired) electrons. The van der Waals surface area contributed by atoms with E-state index in [0.29, 0.717) is 5.84 Å². The summed E-state index contributed by atoms with van der Waals surface area (Å²) in [5, 5.41) is 3.66. The van der Waals surface area contributed by atoms with Gasteiger partial charge in [0.15, 0.2) is 0 Å². The zero-order valence-corrected chi connectivity index (χ0v) is 16.2. The smallest absolute Gasteiger partial charge is 0.127 e. The highest BCUT2D eigenvalue weighted by molar-refractivity contribution is 5.97. The van der Waals surface area contributed by atoms with Crippen molar-refractivity contribution in [3.63, 3.8) is 0 Å². The van der Waals surface area contributed by atoms with E-state index in [-0.39, 0.29) is 12.2 Å². The maximum Gasteiger partial charge on any atom is 0.127 e. The molecule has 0 bridgehead atoms. The zero-order valence-electron chi connectivity index (χ0n) is 16.2. The lowest BCUT2D eigenvalue weighted by Gasteiger charge is -2.25. The number of hydrogen-bond acceptors (Lipinski definition) is 2. The van der Waals surface area contributed by atoms with Crippen LogP contribution in [0.5, 0.6) is 0 Å². The first kappa shape index (κ1) is 19.9. The minimum atomic E-state index is -0.113. The number of allylic oxidation sites excluding steroid dienone is 5. The summed E-state index contributed by atoms with van der Waals surface area (Å²) in [7, 11) is 0. The standard InChI is InChI=1S/C23H31N3/c1-5-19(17(2)3)16-18(4)25-23(21-14-10-7-11-15-21)26-22(24)20-12-8-6-9-13-20/h5-10,12-14,18,23,25H,2,11,15-16H2,1,3-4H3,(H2,24,26)/b19-5-. The molecule has 1 aromatic carbocycles. The van der Waals surface area contributed by atoms with Crippen LogP contribution in [-0.2, 0) is 0 Å². The van der Waals surface area contributed by atoms with Crippen LogP contribution in [0.3, 0.4) is 0 Å². The van der Waals surface area contributed by atoms with Crippen LogP contribution >= 0.6 is 0 Å². The molecule has 3 N–H and O–H groups in total. The molecule has 1 aliphatic rings. The number of benzene rings is 1. The van der Waals surface area contributed by atoms with E-state index in [2.05, 4.69) is 57.0 Å². The van der Waals surface area contributed by atoms with Crippen molar-refractivity contribution >= 4 is 5.84 Å². The van der Waals surface area contributed by atoms with Gasteiger partial charge in [0.1, 0.15) is 12.0 Å². The van der Waals surface area contributed by atoms with Gasteiger partial charge in [0.25, 0.3) is 0 Å². The van der Waals surface area contributed by atoms with Crippen LogP contribution in [0.25, 0.3) is 0 Å². The molecule has 0 saturated carbocycles. The molecule has 0 amide bonds. The predicted molar refractivity (Wildman–Crippen MR) is 113 cm³/mol. The number of nitrogens with zero attached hydrogens (tertiary/aromatic N) is 1. The van der Waals surface area contributed by atoms with Gasteiger partial charge in [-0.1, -0.05) is 66.8 Å². The van der Waals surface area contributed by atoms with Crippen molar-refractivity contribution in [2.45, 2.75) is 52.2 Å². The van der Waals surface area contributed by atoms with Gasteiger partial charge in [-0.05, 0) is 51.2 Å². The summed E-state index contributed by atoms with van der Waals surface area (Å²) in [6.07, 6.45) is 11.5. The molecule has 1 aromatic rings. The summed E-state index contributed by atoms with van der Waals surface area (Å²) in [5.41, 5.74) is 10.9. The minimum absolute atomic E-state index is 0.113. The van der Waals surface area contributed by atoms with Gasteiger partial charge in [-0.15, -0.1) is 0 Å². The second-order valence-electron chi connectivity index (χ2n) is 6.86. The lowest BCUT2D eigenvalue weighted by atomic mass is 9.99. The fourth-order valence-electron chi connectivity index (χ4n) is 3.10. The Labute approximate surface area is 158 Å². The second kappa shape index (κ2) is 9.93. The molecule has 26 heavy (non-hydrogen) atoms. The first-order chi connectivity index (χ1) is 12.5. The Hall–Kier alpha value is -2.39. The number of amidine groups is 1. The molecule has 2 atom stereocenters. The van der Waals surface area contributed by atoms with E-state index in [1.807, 2.05) is 30.3 Å². The number of rotatable bonds is 8. The molecule has 3 heteroatoms. The second-order valence-corrected chi connectivity index (χ2v) is 6.86. The van der Waals surface area contributed by atoms with Gasteiger partial charge in [0.05, 0.1) is 0 Å². The maximum atomic E-state index is 6.29. The van der Waals surface area contributed by atoms with Crippen LogP contribution in [0.2, 0.25) is 0 Å². The average Bonchev–Trinajstić information content (AvgIpc) is 2.66. The number of aliphatic imine (C=N–C) groups is 1. The molecule has 2 unspecified atom stereocenters. The third-order valence-corrected chi connectivity index (χ3v) is 4.60. The molecular weight excluding hydrogens is 318 g/mol. The van der Waals surface area contributed by atoms with Crippen molar-refractivity contribution in [3.05, 3.63) is 83.5 Å². The molecule has 2 rings (SSSR count). The molecule has 3 nitrogen and oxygen atoms in total. The van der Waals surface area contributed by atoms with Gasteiger partial charge in [-0.2, -0.15) is 0 Å². The highest BCUT2D eigenvalue weighted by atomic mass is 15.1. The molecule has 0 aromatic heterocycles. The summed E-state index contributed by atoms with van der Waals surface area (Å²) < 4.78 is 0. The average molecular weight is 350 g/mol. The first-order valence-electron chi connectivity index (χ1n) is 9.32. The highest BCUT2D eigenvalue weighted by Crippen LogP contribution is 2.20. The number of nitrogens with one attached hydrogen (secondary N) is 1. The Morgan fingerprint density at radius 3 is 2.65 bits per heavy atom. The van der Waals surface area contributed by atoms with Gasteiger partial charge >= 0.3 is 0 Å². The Kier molecular flexibility index (Phi) is 7.61. The number of nitrogens with two attached hydrogens (primary N) is 1. The zero-order chi connectivity index (χ0) is 18.9. The fraction of sp³-hybridized carbons (Fsp3) is 0.348. The van der Waals surface area contributed by atoms with Gasteiger partial charge in [-0.3, -0.25) is 5.32 Å². The van der Waals surface area contributed by atoms with E-state index < -0.39 is 0 Å². The SMILES string of the molecule is C=C(C)/C(=C\C)CC(C)NC(N=C(N)c1ccccc1)C1=CC=CCC1. The van der Waals surface area contributed by atoms with E-state index >= 15 is 0 Å². The van der Waals surface area contributed by atoms with Crippen molar-refractivity contribution in [2.24, 2.45) is 10.7 Å². The lowest BCUT2D eigenvalue weighted by Crippen LogP contribution is -2.38. The lowest BCUT2D eigenvalue weighted by molar-refractivity contribution is 0.481. The van der Waals surface area contributed by atoms with Crippen molar-refractivity contribution in [1.82, 2.24) is 5.32 Å². The molecule has 0 heterocycles. The quantitative estimate of drug-likeness (QED) is 0.399. The Morgan fingerprint density at radius 1 is 1.35 bits per heavy atom. The van der Waals surface area contributed by atoms with Crippen LogP contribution in [0.4, 0.5) is 0 Å². The van der Waals surface area contributed by atoms with Gasteiger partial charge in [-0.25, -0.2) is 4.99 Å². The maximum absolute atomic E-state index is 6.29. The van der Waals surface area contributed by atoms with E-state index in [4.69, 9.17) is 10.7 Å². The third kappa shape index (κ3) is 5.85. The van der Waals surface area contributed by atoms with Crippen molar-refractivity contribution in [2.75, 3.05) is 0 Å². The summed E-state index contributed by atoms with van der Waals surface area (Å²) >= 11 is 0. The number of hydrogen-bond donors (Lipinski definition) is 2. The summed E-state index contributed by atoms with van der Waals surface area (Å²) in [4.78, 5) is 4.83. The largest absolute Gasteiger partial charge is 0.383 e. The normalized spacial score (nSPS) is 17.6. The van der Waals surface area contributed by atoms with Crippen LogP contribution in [0, 0.1) is 0 Å². The van der Waals surface area contributed by atoms with Gasteiger partial charge in [0, 0.05) is 11.6 Å². The molecule has 0 fully saturated rings. The summed E-state index contributed by atoms with van der Waals surface area (Å²) in [5.74, 6) is 0.567. The van der Waals surface area contributed by atoms with E-state index in [0.717, 1.165) is 30.4 Å². The van der Waals surface area contributed by atoms with Crippen molar-refractivity contribution in [1.29, 1.82) is 0 Å². The van der Waals surface area contributed by atoms with E-state index in [1.54, 1.807) is 0 Å². The fourth-order valence-corrected chi connectivity index (χ4v) is 3.10. The van der Waals surface area contributed by atoms with Crippen molar-refractivity contribution in [3.8, 4) is 0 Å². The molecule has 138 valence electrons. The van der Waals surface area contributed by atoms with Crippen LogP contribution < -0.4 is 11.1 Å². The predicted octanol–water partition coefficient (Wildman–Crippen LogP) is 4.89. The first-order valence-corrected chi connectivity index (χ1v) is 9.32. The molecule has 0 spiro atoms. The van der Waals surface area contributed by atoms with Gasteiger partial charge < -0.3 is 5.73 Å². The van der Waals surface area contributed by atoms with E-state index in [1.165, 1.54) is 11.1 Å². The van der Waals surface area contributed by atoms with Crippen LogP contribution in [-0.4, -0.2) is 18.0 Å². The topological polar surface area (TPSA) is 50.4 Å². The molecule has 0 saturated heterocycles. The van der Waals surface area contributed by atoms with Crippen LogP contribution in [0.15, 0.2) is 82.9 Å². The monoisotopic (exact) mass is 349 g/mol. The Balaban J connectivity index is 2.20. The van der Waals surface area contributed by atoms with Crippen LogP contribution in [0.1, 0.15) is 45.6 Å².